The fourth-order valence-electron chi connectivity index (χ4n) is 6.46. The van der Waals surface area contributed by atoms with E-state index in [1.54, 1.807) is 16.4 Å². The first-order valence-electron chi connectivity index (χ1n) is 13.2. The maximum Gasteiger partial charge on any atom is 0.243 e. The van der Waals surface area contributed by atoms with Crippen molar-refractivity contribution < 1.29 is 17.9 Å². The molecule has 5 unspecified atom stereocenters. The number of benzene rings is 2. The topological polar surface area (TPSA) is 72.9 Å². The van der Waals surface area contributed by atoms with Gasteiger partial charge in [-0.05, 0) is 61.4 Å². The first-order valence-corrected chi connectivity index (χ1v) is 14.6. The van der Waals surface area contributed by atoms with Crippen molar-refractivity contribution in [3.8, 4) is 0 Å². The van der Waals surface area contributed by atoms with E-state index in [2.05, 4.69) is 34.5 Å². The van der Waals surface area contributed by atoms with Crippen molar-refractivity contribution in [3.63, 3.8) is 0 Å². The zero-order chi connectivity index (χ0) is 25.4. The molecular weight excluding hydrogens is 477 g/mol. The third-order valence-corrected chi connectivity index (χ3v) is 10.6. The Kier molecular flexibility index (Phi) is 7.52. The van der Waals surface area contributed by atoms with Gasteiger partial charge in [-0.1, -0.05) is 49.4 Å². The molecule has 8 heteroatoms. The number of hydrogen-bond acceptors (Lipinski definition) is 5. The number of alkyl halides is 1. The normalized spacial score (nSPS) is 32.2. The van der Waals surface area contributed by atoms with Crippen molar-refractivity contribution in [2.24, 2.45) is 5.92 Å². The fourth-order valence-corrected chi connectivity index (χ4v) is 8.19. The van der Waals surface area contributed by atoms with E-state index in [1.165, 1.54) is 5.56 Å². The zero-order valence-corrected chi connectivity index (χ0v) is 22.0. The smallest absolute Gasteiger partial charge is 0.243 e. The number of piperidine rings is 1. The Morgan fingerprint density at radius 3 is 2.44 bits per heavy atom. The van der Waals surface area contributed by atoms with Gasteiger partial charge in [-0.25, -0.2) is 12.8 Å². The van der Waals surface area contributed by atoms with Gasteiger partial charge in [0, 0.05) is 43.6 Å². The van der Waals surface area contributed by atoms with Gasteiger partial charge < -0.3 is 5.11 Å². The van der Waals surface area contributed by atoms with Gasteiger partial charge in [0.25, 0.3) is 0 Å². The van der Waals surface area contributed by atoms with Gasteiger partial charge in [0.2, 0.25) is 10.0 Å². The van der Waals surface area contributed by atoms with Crippen LogP contribution in [-0.2, 0) is 10.0 Å². The molecule has 0 saturated carbocycles. The molecule has 36 heavy (non-hydrogen) atoms. The summed E-state index contributed by atoms with van der Waals surface area (Å²) < 4.78 is 42.8. The predicted molar refractivity (Wildman–Crippen MR) is 139 cm³/mol. The highest BCUT2D eigenvalue weighted by Crippen LogP contribution is 2.43. The first kappa shape index (κ1) is 25.8. The highest BCUT2D eigenvalue weighted by Gasteiger charge is 2.50. The molecule has 3 aliphatic heterocycles. The van der Waals surface area contributed by atoms with Crippen LogP contribution in [0.25, 0.3) is 0 Å². The lowest BCUT2D eigenvalue weighted by molar-refractivity contribution is -0.0554. The number of aryl methyl sites for hydroxylation is 1. The summed E-state index contributed by atoms with van der Waals surface area (Å²) in [6.45, 7) is 6.28. The average Bonchev–Trinajstić information content (AvgIpc) is 2.85. The van der Waals surface area contributed by atoms with Crippen molar-refractivity contribution in [1.82, 2.24) is 14.5 Å². The molecule has 0 amide bonds. The van der Waals surface area contributed by atoms with Crippen LogP contribution in [0.4, 0.5) is 4.39 Å². The number of nitrogens with zero attached hydrogens (tertiary/aromatic N) is 2. The van der Waals surface area contributed by atoms with E-state index in [1.807, 2.05) is 26.0 Å². The highest BCUT2D eigenvalue weighted by atomic mass is 32.2. The van der Waals surface area contributed by atoms with Gasteiger partial charge in [0.1, 0.15) is 0 Å². The standard InChI is InChI=1S/C28H38FN3O3S/c1-19-7-3-4-8-26(19)36(34,35)31-13-5-6-14-32-24(17-31)27(25(32)18-33)22-11-9-21(10-12-22)23-15-20(2)28(29)30-16-23/h3-4,7-12,20,23-25,27-28,30,33H,5-6,13-18H2,1-2H3/t20?,23?,24?,25?,27-,28?/m0/s1. The average molecular weight is 516 g/mol. The number of aliphatic hydroxyl groups excluding tert-OH is 1. The molecule has 0 bridgehead atoms. The van der Waals surface area contributed by atoms with E-state index in [0.29, 0.717) is 24.5 Å². The van der Waals surface area contributed by atoms with E-state index < -0.39 is 16.3 Å². The molecule has 0 aliphatic carbocycles. The van der Waals surface area contributed by atoms with Crippen molar-refractivity contribution in [1.29, 1.82) is 0 Å². The highest BCUT2D eigenvalue weighted by molar-refractivity contribution is 7.89. The summed E-state index contributed by atoms with van der Waals surface area (Å²) in [5.41, 5.74) is 3.09. The minimum Gasteiger partial charge on any atom is -0.395 e. The number of fused-ring (bicyclic) bond motifs is 1. The maximum absolute atomic E-state index is 13.9. The van der Waals surface area contributed by atoms with Crippen LogP contribution in [0.2, 0.25) is 0 Å². The van der Waals surface area contributed by atoms with Gasteiger partial charge >= 0.3 is 0 Å². The van der Waals surface area contributed by atoms with Crippen molar-refractivity contribution >= 4 is 10.0 Å². The molecule has 5 rings (SSSR count). The van der Waals surface area contributed by atoms with Crippen LogP contribution in [0.1, 0.15) is 54.7 Å². The van der Waals surface area contributed by atoms with Gasteiger partial charge in [-0.2, -0.15) is 4.31 Å². The second-order valence-electron chi connectivity index (χ2n) is 10.8. The second-order valence-corrected chi connectivity index (χ2v) is 12.7. The maximum atomic E-state index is 13.9. The summed E-state index contributed by atoms with van der Waals surface area (Å²) in [7, 11) is -3.61. The Morgan fingerprint density at radius 2 is 1.75 bits per heavy atom. The molecule has 2 aromatic rings. The molecule has 3 fully saturated rings. The number of hydrogen-bond donors (Lipinski definition) is 2. The van der Waals surface area contributed by atoms with Gasteiger partial charge in [0.05, 0.1) is 11.5 Å². The molecule has 3 saturated heterocycles. The van der Waals surface area contributed by atoms with Gasteiger partial charge in [-0.3, -0.25) is 10.2 Å². The number of sulfonamides is 1. The van der Waals surface area contributed by atoms with Crippen molar-refractivity contribution in [2.45, 2.75) is 68.2 Å². The Morgan fingerprint density at radius 1 is 1.06 bits per heavy atom. The minimum atomic E-state index is -3.61. The molecule has 0 aromatic heterocycles. The Hall–Kier alpha value is -1.84. The molecule has 0 radical (unpaired) electrons. The monoisotopic (exact) mass is 515 g/mol. The summed E-state index contributed by atoms with van der Waals surface area (Å²) in [4.78, 5) is 2.67. The van der Waals surface area contributed by atoms with E-state index >= 15 is 0 Å². The second kappa shape index (κ2) is 10.5. The Labute approximate surface area is 214 Å². The van der Waals surface area contributed by atoms with Crippen LogP contribution in [0.15, 0.2) is 53.4 Å². The summed E-state index contributed by atoms with van der Waals surface area (Å²) in [5.74, 6) is 0.331. The largest absolute Gasteiger partial charge is 0.395 e. The van der Waals surface area contributed by atoms with Crippen LogP contribution >= 0.6 is 0 Å². The lowest BCUT2D eigenvalue weighted by atomic mass is 9.74. The summed E-state index contributed by atoms with van der Waals surface area (Å²) in [6.07, 6.45) is 1.59. The van der Waals surface area contributed by atoms with Crippen LogP contribution in [0.5, 0.6) is 0 Å². The molecule has 0 spiro atoms. The molecule has 6 atom stereocenters. The Bertz CT molecular complexity index is 1160. The predicted octanol–water partition coefficient (Wildman–Crippen LogP) is 3.62. The number of aliphatic hydroxyl groups is 1. The minimum absolute atomic E-state index is 0.00868. The lowest BCUT2D eigenvalue weighted by Crippen LogP contribution is -2.67. The zero-order valence-electron chi connectivity index (χ0n) is 21.2. The molecule has 3 aliphatic rings. The van der Waals surface area contributed by atoms with E-state index in [9.17, 15) is 17.9 Å². The first-order chi connectivity index (χ1) is 17.3. The van der Waals surface area contributed by atoms with Crippen molar-refractivity contribution in [2.75, 3.05) is 32.8 Å². The summed E-state index contributed by atoms with van der Waals surface area (Å²) in [6, 6.07) is 15.7. The summed E-state index contributed by atoms with van der Waals surface area (Å²) >= 11 is 0. The van der Waals surface area contributed by atoms with E-state index in [0.717, 1.165) is 36.9 Å². The quantitative estimate of drug-likeness (QED) is 0.596. The van der Waals surface area contributed by atoms with Crippen LogP contribution in [0, 0.1) is 12.8 Å². The molecule has 3 heterocycles. The number of nitrogens with one attached hydrogen (secondary N) is 1. The number of halogens is 1. The SMILES string of the molecule is Cc1ccccc1S(=O)(=O)N1CCCCN2C(CO)[C@@H](c3ccc(C4CNC(F)C(C)C4)cc3)C2C1. The van der Waals surface area contributed by atoms with E-state index in [-0.39, 0.29) is 36.4 Å². The van der Waals surface area contributed by atoms with Gasteiger partial charge in [-0.15, -0.1) is 0 Å². The molecule has 6 nitrogen and oxygen atoms in total. The van der Waals surface area contributed by atoms with E-state index in [4.69, 9.17) is 0 Å². The number of rotatable bonds is 5. The molecule has 2 N–H and O–H groups in total. The Balaban J connectivity index is 1.38. The fraction of sp³-hybridized carbons (Fsp3) is 0.571. The third kappa shape index (κ3) is 4.74. The van der Waals surface area contributed by atoms with Crippen molar-refractivity contribution in [3.05, 3.63) is 65.2 Å². The molecular formula is C28H38FN3O3S. The van der Waals surface area contributed by atoms with Gasteiger partial charge in [0.15, 0.2) is 6.30 Å². The van der Waals surface area contributed by atoms with Crippen LogP contribution < -0.4 is 5.32 Å². The summed E-state index contributed by atoms with van der Waals surface area (Å²) in [5, 5.41) is 13.2. The molecule has 196 valence electrons. The van der Waals surface area contributed by atoms with Crippen LogP contribution in [-0.4, -0.2) is 73.9 Å². The molecule has 2 aromatic carbocycles. The third-order valence-electron chi connectivity index (χ3n) is 8.55. The van der Waals surface area contributed by atoms with Crippen LogP contribution in [0.3, 0.4) is 0 Å². The lowest BCUT2D eigenvalue weighted by Gasteiger charge is -2.57.